The van der Waals surface area contributed by atoms with Crippen LogP contribution in [0.25, 0.3) is 0 Å². The van der Waals surface area contributed by atoms with Crippen molar-refractivity contribution in [2.24, 2.45) is 5.10 Å². The van der Waals surface area contributed by atoms with Crippen molar-refractivity contribution < 1.29 is 18.9 Å². The first-order valence-electron chi connectivity index (χ1n) is 9.17. The molecule has 7 nitrogen and oxygen atoms in total. The number of para-hydroxylation sites is 2. The molecule has 1 aliphatic rings. The third-order valence-corrected chi connectivity index (χ3v) is 4.78. The number of hydrogen-bond acceptors (Lipinski definition) is 7. The molecule has 1 heterocycles. The van der Waals surface area contributed by atoms with Crippen LogP contribution >= 0.6 is 0 Å². The number of anilines is 1. The van der Waals surface area contributed by atoms with Gasteiger partial charge in [-0.1, -0.05) is 12.1 Å². The van der Waals surface area contributed by atoms with E-state index in [-0.39, 0.29) is 0 Å². The average molecular weight is 385 g/mol. The zero-order valence-electron chi connectivity index (χ0n) is 16.8. The lowest BCUT2D eigenvalue weighted by molar-refractivity contribution is 0.271. The molecule has 0 aliphatic carbocycles. The van der Waals surface area contributed by atoms with E-state index >= 15 is 0 Å². The molecule has 0 saturated carbocycles. The van der Waals surface area contributed by atoms with Crippen molar-refractivity contribution in [3.8, 4) is 23.0 Å². The Kier molecular flexibility index (Phi) is 6.47. The molecule has 2 aromatic carbocycles. The van der Waals surface area contributed by atoms with Crippen LogP contribution in [0.5, 0.6) is 23.0 Å². The van der Waals surface area contributed by atoms with E-state index < -0.39 is 0 Å². The lowest BCUT2D eigenvalue weighted by Gasteiger charge is -2.35. The lowest BCUT2D eigenvalue weighted by Crippen LogP contribution is -2.44. The first kappa shape index (κ1) is 19.7. The van der Waals surface area contributed by atoms with Gasteiger partial charge in [-0.15, -0.1) is 0 Å². The van der Waals surface area contributed by atoms with Gasteiger partial charge in [-0.05, 0) is 18.2 Å². The molecule has 28 heavy (non-hydrogen) atoms. The highest BCUT2D eigenvalue weighted by Crippen LogP contribution is 2.34. The molecule has 3 rings (SSSR count). The molecule has 0 unspecified atom stereocenters. The zero-order chi connectivity index (χ0) is 19.9. The fourth-order valence-corrected chi connectivity index (χ4v) is 3.24. The molecule has 0 radical (unpaired) electrons. The molecule has 1 fully saturated rings. The van der Waals surface area contributed by atoms with E-state index in [0.29, 0.717) is 17.2 Å². The van der Waals surface area contributed by atoms with Gasteiger partial charge in [-0.25, -0.2) is 0 Å². The first-order chi connectivity index (χ1) is 13.7. The number of benzene rings is 2. The minimum Gasteiger partial charge on any atom is -0.496 e. The van der Waals surface area contributed by atoms with Crippen molar-refractivity contribution in [3.63, 3.8) is 0 Å². The van der Waals surface area contributed by atoms with Crippen LogP contribution in [0.1, 0.15) is 5.56 Å². The summed E-state index contributed by atoms with van der Waals surface area (Å²) in [5, 5.41) is 6.70. The summed E-state index contributed by atoms with van der Waals surface area (Å²) >= 11 is 0. The highest BCUT2D eigenvalue weighted by atomic mass is 16.5. The van der Waals surface area contributed by atoms with Crippen LogP contribution in [0.2, 0.25) is 0 Å². The Hall–Kier alpha value is -3.09. The summed E-state index contributed by atoms with van der Waals surface area (Å²) in [6, 6.07) is 11.8. The van der Waals surface area contributed by atoms with Crippen molar-refractivity contribution in [2.45, 2.75) is 0 Å². The summed E-state index contributed by atoms with van der Waals surface area (Å²) in [6.45, 7) is 3.40. The number of hydrogen-bond donors (Lipinski definition) is 0. The Balaban J connectivity index is 1.68. The number of piperazine rings is 1. The first-order valence-corrected chi connectivity index (χ1v) is 9.17. The topological polar surface area (TPSA) is 55.8 Å². The third-order valence-electron chi connectivity index (χ3n) is 4.78. The van der Waals surface area contributed by atoms with E-state index in [4.69, 9.17) is 18.9 Å². The predicted octanol–water partition coefficient (Wildman–Crippen LogP) is 2.88. The molecule has 0 amide bonds. The Labute approximate surface area is 166 Å². The molecule has 0 N–H and O–H groups in total. The van der Waals surface area contributed by atoms with Crippen molar-refractivity contribution in [1.29, 1.82) is 0 Å². The molecule has 7 heteroatoms. The van der Waals surface area contributed by atoms with Gasteiger partial charge in [0.05, 0.1) is 53.4 Å². The van der Waals surface area contributed by atoms with Gasteiger partial charge in [-0.2, -0.15) is 5.10 Å². The Morgan fingerprint density at radius 3 is 2.00 bits per heavy atom. The number of methoxy groups -OCH3 is 4. The fourth-order valence-electron chi connectivity index (χ4n) is 3.24. The molecule has 150 valence electrons. The highest BCUT2D eigenvalue weighted by Gasteiger charge is 2.18. The smallest absolute Gasteiger partial charge is 0.164 e. The number of nitrogens with zero attached hydrogens (tertiary/aromatic N) is 3. The van der Waals surface area contributed by atoms with Crippen molar-refractivity contribution in [1.82, 2.24) is 5.01 Å². The van der Waals surface area contributed by atoms with E-state index in [1.54, 1.807) is 40.7 Å². The van der Waals surface area contributed by atoms with E-state index in [1.165, 1.54) is 0 Å². The Morgan fingerprint density at radius 2 is 1.36 bits per heavy atom. The highest BCUT2D eigenvalue weighted by molar-refractivity contribution is 5.85. The lowest BCUT2D eigenvalue weighted by atomic mass is 10.2. The van der Waals surface area contributed by atoms with Gasteiger partial charge in [0.1, 0.15) is 11.5 Å². The van der Waals surface area contributed by atoms with Crippen molar-refractivity contribution in [3.05, 3.63) is 42.0 Å². The van der Waals surface area contributed by atoms with E-state index in [9.17, 15) is 0 Å². The molecular formula is C21H27N3O4. The van der Waals surface area contributed by atoms with Gasteiger partial charge >= 0.3 is 0 Å². The Morgan fingerprint density at radius 1 is 0.750 bits per heavy atom. The van der Waals surface area contributed by atoms with Gasteiger partial charge in [0.15, 0.2) is 11.5 Å². The molecule has 2 aromatic rings. The minimum atomic E-state index is 0.627. The summed E-state index contributed by atoms with van der Waals surface area (Å²) in [7, 11) is 6.55. The summed E-state index contributed by atoms with van der Waals surface area (Å²) in [5.41, 5.74) is 1.96. The molecule has 1 aliphatic heterocycles. The summed E-state index contributed by atoms with van der Waals surface area (Å²) in [6.07, 6.45) is 1.81. The standard InChI is InChI=1S/C21H27N3O4/c1-25-18-8-6-5-7-17(18)23-9-11-24(12-10-23)22-15-16-13-20(27-3)21(28-4)14-19(16)26-2/h5-8,13-15H,9-12H2,1-4H3/b22-15-. The average Bonchev–Trinajstić information content (AvgIpc) is 2.77. The predicted molar refractivity (Wildman–Crippen MR) is 110 cm³/mol. The van der Waals surface area contributed by atoms with Gasteiger partial charge in [0.2, 0.25) is 0 Å². The van der Waals surface area contributed by atoms with Crippen molar-refractivity contribution in [2.75, 3.05) is 59.5 Å². The van der Waals surface area contributed by atoms with Crippen molar-refractivity contribution >= 4 is 11.9 Å². The second kappa shape index (κ2) is 9.21. The minimum absolute atomic E-state index is 0.627. The molecule has 0 spiro atoms. The van der Waals surface area contributed by atoms with E-state index in [1.807, 2.05) is 24.3 Å². The van der Waals surface area contributed by atoms with Gasteiger partial charge in [-0.3, -0.25) is 5.01 Å². The van der Waals surface area contributed by atoms with Gasteiger partial charge in [0, 0.05) is 24.7 Å². The summed E-state index contributed by atoms with van der Waals surface area (Å²) in [5.74, 6) is 2.86. The van der Waals surface area contributed by atoms with Crippen LogP contribution in [0.4, 0.5) is 5.69 Å². The second-order valence-corrected chi connectivity index (χ2v) is 6.31. The molecular weight excluding hydrogens is 358 g/mol. The summed E-state index contributed by atoms with van der Waals surface area (Å²) < 4.78 is 21.6. The fraction of sp³-hybridized carbons (Fsp3) is 0.381. The van der Waals surface area contributed by atoms with Gasteiger partial charge in [0.25, 0.3) is 0 Å². The number of hydrazone groups is 1. The van der Waals surface area contributed by atoms with E-state index in [2.05, 4.69) is 21.1 Å². The number of rotatable bonds is 7. The third kappa shape index (κ3) is 4.24. The normalized spacial score (nSPS) is 14.3. The van der Waals surface area contributed by atoms with Crippen LogP contribution < -0.4 is 23.8 Å². The van der Waals surface area contributed by atoms with Gasteiger partial charge < -0.3 is 23.8 Å². The van der Waals surface area contributed by atoms with Crippen LogP contribution in [-0.2, 0) is 0 Å². The SMILES string of the molecule is COc1cc(OC)c(OC)cc1/C=N\N1CCN(c2ccccc2OC)CC1. The molecule has 0 atom stereocenters. The zero-order valence-corrected chi connectivity index (χ0v) is 16.8. The second-order valence-electron chi connectivity index (χ2n) is 6.31. The van der Waals surface area contributed by atoms with Crippen LogP contribution in [0.3, 0.4) is 0 Å². The van der Waals surface area contributed by atoms with Crippen LogP contribution in [0, 0.1) is 0 Å². The molecule has 0 aromatic heterocycles. The monoisotopic (exact) mass is 385 g/mol. The maximum Gasteiger partial charge on any atom is 0.164 e. The van der Waals surface area contributed by atoms with Crippen LogP contribution in [-0.4, -0.2) is 65.8 Å². The largest absolute Gasteiger partial charge is 0.496 e. The molecule has 1 saturated heterocycles. The maximum absolute atomic E-state index is 5.48. The summed E-state index contributed by atoms with van der Waals surface area (Å²) in [4.78, 5) is 2.32. The Bertz CT molecular complexity index is 817. The quantitative estimate of drug-likeness (QED) is 0.683. The number of ether oxygens (including phenoxy) is 4. The molecule has 0 bridgehead atoms. The maximum atomic E-state index is 5.48. The van der Waals surface area contributed by atoms with Crippen LogP contribution in [0.15, 0.2) is 41.5 Å². The van der Waals surface area contributed by atoms with E-state index in [0.717, 1.165) is 43.2 Å².